The molecule has 3 rings (SSSR count). The molecule has 0 aliphatic rings. The number of amides is 1. The summed E-state index contributed by atoms with van der Waals surface area (Å²) in [5.74, 6) is 0.00401. The molecule has 3 aromatic rings. The molecule has 0 atom stereocenters. The van der Waals surface area contributed by atoms with Crippen molar-refractivity contribution in [1.29, 1.82) is 0 Å². The Balaban J connectivity index is 1.65. The van der Waals surface area contributed by atoms with Gasteiger partial charge in [-0.1, -0.05) is 87.5 Å². The molecule has 1 amide bonds. The first-order valence-corrected chi connectivity index (χ1v) is 10.1. The lowest BCUT2D eigenvalue weighted by Gasteiger charge is -2.19. The minimum absolute atomic E-state index is 0.00401. The first-order valence-electron chi connectivity index (χ1n) is 10.1. The van der Waals surface area contributed by atoms with Crippen molar-refractivity contribution in [3.8, 4) is 11.1 Å². The number of hydrogen-bond acceptors (Lipinski definition) is 2. The summed E-state index contributed by atoms with van der Waals surface area (Å²) in [5, 5.41) is 12.3. The van der Waals surface area contributed by atoms with E-state index >= 15 is 0 Å². The SMILES string of the molecule is CC(C)(C)c1ccc(CCC(=O)Nc2ccccc2-c2ccc(CO)cc2)cc1. The zero-order chi connectivity index (χ0) is 20.9. The lowest BCUT2D eigenvalue weighted by Crippen LogP contribution is -2.13. The van der Waals surface area contributed by atoms with E-state index in [0.717, 1.165) is 22.4 Å². The van der Waals surface area contributed by atoms with Gasteiger partial charge in [-0.3, -0.25) is 4.79 Å². The fraction of sp³-hybridized carbons (Fsp3) is 0.269. The Morgan fingerprint density at radius 2 is 1.48 bits per heavy atom. The van der Waals surface area contributed by atoms with Crippen molar-refractivity contribution in [3.63, 3.8) is 0 Å². The van der Waals surface area contributed by atoms with Crippen molar-refractivity contribution in [3.05, 3.63) is 89.5 Å². The Labute approximate surface area is 173 Å². The van der Waals surface area contributed by atoms with Crippen LogP contribution in [0.4, 0.5) is 5.69 Å². The molecule has 3 aromatic carbocycles. The zero-order valence-electron chi connectivity index (χ0n) is 17.4. The second-order valence-electron chi connectivity index (χ2n) is 8.40. The van der Waals surface area contributed by atoms with Crippen molar-refractivity contribution >= 4 is 11.6 Å². The standard InChI is InChI=1S/C26H29NO2/c1-26(2,3)22-15-10-19(11-16-22)12-17-25(29)27-24-7-5-4-6-23(24)21-13-8-20(18-28)9-14-21/h4-11,13-16,28H,12,17-18H2,1-3H3,(H,27,29). The average Bonchev–Trinajstić information content (AvgIpc) is 2.72. The molecule has 0 spiro atoms. The third kappa shape index (κ3) is 5.55. The molecular weight excluding hydrogens is 358 g/mol. The summed E-state index contributed by atoms with van der Waals surface area (Å²) < 4.78 is 0. The largest absolute Gasteiger partial charge is 0.392 e. The number of benzene rings is 3. The molecule has 0 aromatic heterocycles. The zero-order valence-corrected chi connectivity index (χ0v) is 17.4. The summed E-state index contributed by atoms with van der Waals surface area (Å²) in [6, 6.07) is 24.1. The fourth-order valence-electron chi connectivity index (χ4n) is 3.28. The van der Waals surface area contributed by atoms with Crippen LogP contribution in [0.2, 0.25) is 0 Å². The van der Waals surface area contributed by atoms with Crippen LogP contribution in [0.25, 0.3) is 11.1 Å². The Morgan fingerprint density at radius 1 is 0.862 bits per heavy atom. The Kier molecular flexibility index (Phi) is 6.50. The van der Waals surface area contributed by atoms with Crippen LogP contribution in [0.1, 0.15) is 43.9 Å². The quantitative estimate of drug-likeness (QED) is 0.569. The first-order chi connectivity index (χ1) is 13.9. The lowest BCUT2D eigenvalue weighted by atomic mass is 9.86. The van der Waals surface area contributed by atoms with Gasteiger partial charge < -0.3 is 10.4 Å². The van der Waals surface area contributed by atoms with Crippen molar-refractivity contribution < 1.29 is 9.90 Å². The van der Waals surface area contributed by atoms with Crippen LogP contribution in [-0.2, 0) is 23.2 Å². The van der Waals surface area contributed by atoms with Crippen LogP contribution < -0.4 is 5.32 Å². The molecule has 0 unspecified atom stereocenters. The van der Waals surface area contributed by atoms with E-state index in [1.807, 2.05) is 48.5 Å². The molecule has 3 heteroatoms. The predicted octanol–water partition coefficient (Wildman–Crippen LogP) is 5.71. The molecule has 0 saturated carbocycles. The van der Waals surface area contributed by atoms with Crippen LogP contribution in [-0.4, -0.2) is 11.0 Å². The van der Waals surface area contributed by atoms with E-state index in [4.69, 9.17) is 0 Å². The summed E-state index contributed by atoms with van der Waals surface area (Å²) in [6.45, 7) is 6.62. The molecule has 0 aliphatic carbocycles. The normalized spacial score (nSPS) is 11.3. The number of nitrogens with one attached hydrogen (secondary N) is 1. The number of carbonyl (C=O) groups excluding carboxylic acids is 1. The van der Waals surface area contributed by atoms with Gasteiger partial charge in [0.1, 0.15) is 0 Å². The topological polar surface area (TPSA) is 49.3 Å². The number of aliphatic hydroxyl groups is 1. The maximum atomic E-state index is 12.6. The molecule has 0 saturated heterocycles. The number of anilines is 1. The van der Waals surface area contributed by atoms with Crippen molar-refractivity contribution in [1.82, 2.24) is 0 Å². The number of carbonyl (C=O) groups is 1. The van der Waals surface area contributed by atoms with Crippen molar-refractivity contribution in [2.45, 2.75) is 45.6 Å². The monoisotopic (exact) mass is 387 g/mol. The Morgan fingerprint density at radius 3 is 2.10 bits per heavy atom. The van der Waals surface area contributed by atoms with Gasteiger partial charge in [0.15, 0.2) is 0 Å². The summed E-state index contributed by atoms with van der Waals surface area (Å²) in [6.07, 6.45) is 1.15. The highest BCUT2D eigenvalue weighted by atomic mass is 16.3. The second kappa shape index (κ2) is 9.06. The molecule has 0 bridgehead atoms. The lowest BCUT2D eigenvalue weighted by molar-refractivity contribution is -0.116. The first kappa shape index (κ1) is 20.8. The van der Waals surface area contributed by atoms with Gasteiger partial charge in [0.2, 0.25) is 5.91 Å². The third-order valence-corrected chi connectivity index (χ3v) is 5.11. The second-order valence-corrected chi connectivity index (χ2v) is 8.40. The molecule has 150 valence electrons. The number of para-hydroxylation sites is 1. The highest BCUT2D eigenvalue weighted by Gasteiger charge is 2.13. The van der Waals surface area contributed by atoms with Gasteiger partial charge in [-0.05, 0) is 40.2 Å². The van der Waals surface area contributed by atoms with E-state index < -0.39 is 0 Å². The van der Waals surface area contributed by atoms with Gasteiger partial charge >= 0.3 is 0 Å². The molecule has 3 nitrogen and oxygen atoms in total. The van der Waals surface area contributed by atoms with Gasteiger partial charge in [0.05, 0.1) is 6.61 Å². The van der Waals surface area contributed by atoms with E-state index in [2.05, 4.69) is 50.4 Å². The van der Waals surface area contributed by atoms with Crippen LogP contribution in [0.5, 0.6) is 0 Å². The molecule has 29 heavy (non-hydrogen) atoms. The molecule has 0 fully saturated rings. The van der Waals surface area contributed by atoms with Crippen LogP contribution in [0.15, 0.2) is 72.8 Å². The predicted molar refractivity (Wildman–Crippen MR) is 120 cm³/mol. The summed E-state index contributed by atoms with van der Waals surface area (Å²) in [4.78, 5) is 12.6. The fourth-order valence-corrected chi connectivity index (χ4v) is 3.28. The maximum Gasteiger partial charge on any atom is 0.224 e. The summed E-state index contributed by atoms with van der Waals surface area (Å²) in [5.41, 5.74) is 6.25. The minimum Gasteiger partial charge on any atom is -0.392 e. The van der Waals surface area contributed by atoms with Crippen LogP contribution in [0, 0.1) is 0 Å². The smallest absolute Gasteiger partial charge is 0.224 e. The summed E-state index contributed by atoms with van der Waals surface area (Å²) >= 11 is 0. The number of rotatable bonds is 6. The van der Waals surface area contributed by atoms with Crippen molar-refractivity contribution in [2.24, 2.45) is 0 Å². The van der Waals surface area contributed by atoms with E-state index in [-0.39, 0.29) is 17.9 Å². The van der Waals surface area contributed by atoms with Gasteiger partial charge in [0.25, 0.3) is 0 Å². The highest BCUT2D eigenvalue weighted by Crippen LogP contribution is 2.28. The maximum absolute atomic E-state index is 12.6. The number of aryl methyl sites for hydroxylation is 1. The number of aliphatic hydroxyl groups excluding tert-OH is 1. The van der Waals surface area contributed by atoms with E-state index in [0.29, 0.717) is 12.8 Å². The molecular formula is C26H29NO2. The van der Waals surface area contributed by atoms with Crippen LogP contribution in [0.3, 0.4) is 0 Å². The van der Waals surface area contributed by atoms with Crippen LogP contribution >= 0.6 is 0 Å². The van der Waals surface area contributed by atoms with Gasteiger partial charge in [-0.2, -0.15) is 0 Å². The van der Waals surface area contributed by atoms with Gasteiger partial charge in [0, 0.05) is 17.7 Å². The average molecular weight is 388 g/mol. The van der Waals surface area contributed by atoms with Crippen molar-refractivity contribution in [2.75, 3.05) is 5.32 Å². The molecule has 0 radical (unpaired) electrons. The highest BCUT2D eigenvalue weighted by molar-refractivity contribution is 5.95. The molecule has 0 heterocycles. The Bertz CT molecular complexity index is 951. The molecule has 0 aliphatic heterocycles. The Hall–Kier alpha value is -2.91. The molecule has 2 N–H and O–H groups in total. The van der Waals surface area contributed by atoms with E-state index in [1.54, 1.807) is 0 Å². The van der Waals surface area contributed by atoms with E-state index in [1.165, 1.54) is 11.1 Å². The number of hydrogen-bond donors (Lipinski definition) is 2. The van der Waals surface area contributed by atoms with E-state index in [9.17, 15) is 9.90 Å². The van der Waals surface area contributed by atoms with Gasteiger partial charge in [-0.15, -0.1) is 0 Å². The summed E-state index contributed by atoms with van der Waals surface area (Å²) in [7, 11) is 0. The van der Waals surface area contributed by atoms with Gasteiger partial charge in [-0.25, -0.2) is 0 Å². The third-order valence-electron chi connectivity index (χ3n) is 5.11. The minimum atomic E-state index is 0.00401.